The first-order valence-electron chi connectivity index (χ1n) is 5.05. The van der Waals surface area contributed by atoms with Gasteiger partial charge in [0, 0.05) is 11.6 Å². The first-order valence-corrected chi connectivity index (χ1v) is 5.05. The first-order chi connectivity index (χ1) is 7.56. The quantitative estimate of drug-likeness (QED) is 0.470. The van der Waals surface area contributed by atoms with Gasteiger partial charge in [0.25, 0.3) is 0 Å². The summed E-state index contributed by atoms with van der Waals surface area (Å²) in [7, 11) is 0. The van der Waals surface area contributed by atoms with Crippen LogP contribution in [-0.4, -0.2) is 6.61 Å². The van der Waals surface area contributed by atoms with Crippen LogP contribution in [0.15, 0.2) is 31.4 Å². The molecule has 16 heavy (non-hydrogen) atoms. The number of nitrogens with two attached hydrogens (primary N) is 1. The van der Waals surface area contributed by atoms with Gasteiger partial charge >= 0.3 is 0 Å². The molecule has 0 bridgehead atoms. The largest absolute Gasteiger partial charge is 0.493 e. The molecule has 0 heterocycles. The van der Waals surface area contributed by atoms with Gasteiger partial charge < -0.3 is 10.5 Å². The van der Waals surface area contributed by atoms with Crippen LogP contribution in [0.25, 0.3) is 5.57 Å². The van der Waals surface area contributed by atoms with E-state index in [0.29, 0.717) is 18.8 Å². The van der Waals surface area contributed by atoms with Gasteiger partial charge in [-0.3, -0.25) is 0 Å². The summed E-state index contributed by atoms with van der Waals surface area (Å²) in [6.07, 6.45) is 2.45. The average molecular weight is 221 g/mol. The predicted octanol–water partition coefficient (Wildman–Crippen LogP) is 3.40. The van der Waals surface area contributed by atoms with E-state index in [0.717, 1.165) is 11.1 Å². The summed E-state index contributed by atoms with van der Waals surface area (Å²) in [5, 5.41) is 0. The summed E-state index contributed by atoms with van der Waals surface area (Å²) in [4.78, 5) is 0. The van der Waals surface area contributed by atoms with Crippen LogP contribution in [0.4, 0.5) is 10.1 Å². The molecule has 0 spiro atoms. The van der Waals surface area contributed by atoms with Crippen LogP contribution in [0.3, 0.4) is 0 Å². The zero-order chi connectivity index (χ0) is 12.1. The van der Waals surface area contributed by atoms with E-state index < -0.39 is 5.82 Å². The van der Waals surface area contributed by atoms with Crippen LogP contribution < -0.4 is 10.5 Å². The Morgan fingerprint density at radius 3 is 2.81 bits per heavy atom. The van der Waals surface area contributed by atoms with Crippen molar-refractivity contribution in [1.29, 1.82) is 0 Å². The van der Waals surface area contributed by atoms with Gasteiger partial charge in [0.05, 0.1) is 12.3 Å². The molecule has 2 N–H and O–H groups in total. The Balaban J connectivity index is 3.00. The summed E-state index contributed by atoms with van der Waals surface area (Å²) >= 11 is 0. The Hall–Kier alpha value is -1.77. The maximum absolute atomic E-state index is 13.3. The van der Waals surface area contributed by atoms with Gasteiger partial charge in [-0.2, -0.15) is 0 Å². The zero-order valence-electron chi connectivity index (χ0n) is 9.42. The molecule has 0 fully saturated rings. The normalized spacial score (nSPS) is 9.88. The minimum Gasteiger partial charge on any atom is -0.493 e. The van der Waals surface area contributed by atoms with E-state index in [9.17, 15) is 4.39 Å². The van der Waals surface area contributed by atoms with Crippen molar-refractivity contribution in [2.75, 3.05) is 12.3 Å². The maximum Gasteiger partial charge on any atom is 0.149 e. The second-order valence-electron chi connectivity index (χ2n) is 3.58. The monoisotopic (exact) mass is 221 g/mol. The van der Waals surface area contributed by atoms with Crippen LogP contribution in [0.2, 0.25) is 0 Å². The summed E-state index contributed by atoms with van der Waals surface area (Å²) in [5.74, 6) is -0.000321. The van der Waals surface area contributed by atoms with Crippen molar-refractivity contribution >= 4 is 11.3 Å². The SMILES string of the molecule is C=CCCOc1cc(F)c(N)cc1C(=C)C. The van der Waals surface area contributed by atoms with Crippen LogP contribution in [-0.2, 0) is 0 Å². The molecular weight excluding hydrogens is 205 g/mol. The van der Waals surface area contributed by atoms with Gasteiger partial charge in [-0.25, -0.2) is 4.39 Å². The molecule has 3 heteroatoms. The van der Waals surface area contributed by atoms with Crippen molar-refractivity contribution in [3.63, 3.8) is 0 Å². The van der Waals surface area contributed by atoms with E-state index in [4.69, 9.17) is 10.5 Å². The lowest BCUT2D eigenvalue weighted by atomic mass is 10.1. The molecule has 0 aromatic heterocycles. The molecule has 0 radical (unpaired) electrons. The lowest BCUT2D eigenvalue weighted by Gasteiger charge is -2.12. The standard InChI is InChI=1S/C13H16FNO/c1-4-5-6-16-13-8-11(14)12(15)7-10(13)9(2)3/h4,7-8H,1-2,5-6,15H2,3H3. The smallest absolute Gasteiger partial charge is 0.149 e. The van der Waals surface area contributed by atoms with Gasteiger partial charge in [0.15, 0.2) is 0 Å². The zero-order valence-corrected chi connectivity index (χ0v) is 9.42. The molecule has 0 amide bonds. The van der Waals surface area contributed by atoms with E-state index in [1.165, 1.54) is 6.07 Å². The molecule has 0 aliphatic heterocycles. The highest BCUT2D eigenvalue weighted by atomic mass is 19.1. The molecule has 0 aliphatic carbocycles. The molecule has 1 rings (SSSR count). The molecule has 1 aromatic rings. The topological polar surface area (TPSA) is 35.2 Å². The first kappa shape index (κ1) is 12.3. The van der Waals surface area contributed by atoms with Gasteiger partial charge in [0.1, 0.15) is 11.6 Å². The third kappa shape index (κ3) is 2.86. The number of ether oxygens (including phenoxy) is 1. The van der Waals surface area contributed by atoms with Gasteiger partial charge in [-0.1, -0.05) is 12.7 Å². The van der Waals surface area contributed by atoms with Crippen molar-refractivity contribution in [2.45, 2.75) is 13.3 Å². The number of benzene rings is 1. The fourth-order valence-electron chi connectivity index (χ4n) is 1.28. The Kier molecular flexibility index (Phi) is 4.11. The Labute approximate surface area is 95.2 Å². The highest BCUT2D eigenvalue weighted by Crippen LogP contribution is 2.29. The fraction of sp³-hybridized carbons (Fsp3) is 0.231. The third-order valence-electron chi connectivity index (χ3n) is 2.14. The number of hydrogen-bond acceptors (Lipinski definition) is 2. The molecule has 86 valence electrons. The minimum atomic E-state index is -0.474. The number of hydrogen-bond donors (Lipinski definition) is 1. The fourth-order valence-corrected chi connectivity index (χ4v) is 1.28. The predicted molar refractivity (Wildman–Crippen MR) is 65.8 cm³/mol. The molecular formula is C13H16FNO. The van der Waals surface area contributed by atoms with E-state index in [1.807, 2.05) is 6.92 Å². The van der Waals surface area contributed by atoms with E-state index >= 15 is 0 Å². The van der Waals surface area contributed by atoms with Crippen LogP contribution in [0.5, 0.6) is 5.75 Å². The lowest BCUT2D eigenvalue weighted by molar-refractivity contribution is 0.322. The molecule has 2 nitrogen and oxygen atoms in total. The van der Waals surface area contributed by atoms with Gasteiger partial charge in [-0.05, 0) is 25.0 Å². The summed E-state index contributed by atoms with van der Waals surface area (Å²) in [6, 6.07) is 2.84. The number of anilines is 1. The lowest BCUT2D eigenvalue weighted by Crippen LogP contribution is -2.01. The van der Waals surface area contributed by atoms with Crippen LogP contribution in [0, 0.1) is 5.82 Å². The Morgan fingerprint density at radius 2 is 2.25 bits per heavy atom. The second kappa shape index (κ2) is 5.35. The summed E-state index contributed by atoms with van der Waals surface area (Å²) in [5.41, 5.74) is 7.13. The summed E-state index contributed by atoms with van der Waals surface area (Å²) < 4.78 is 18.7. The highest BCUT2D eigenvalue weighted by Gasteiger charge is 2.09. The van der Waals surface area contributed by atoms with Crippen molar-refractivity contribution in [3.05, 3.63) is 42.7 Å². The number of rotatable bonds is 5. The van der Waals surface area contributed by atoms with Crippen LogP contribution >= 0.6 is 0 Å². The molecule has 0 atom stereocenters. The van der Waals surface area contributed by atoms with E-state index in [-0.39, 0.29) is 5.69 Å². The second-order valence-corrected chi connectivity index (χ2v) is 3.58. The Bertz CT molecular complexity index is 413. The van der Waals surface area contributed by atoms with Gasteiger partial charge in [0.2, 0.25) is 0 Å². The maximum atomic E-state index is 13.3. The summed E-state index contributed by atoms with van der Waals surface area (Å²) in [6.45, 7) is 9.69. The van der Waals surface area contributed by atoms with Crippen molar-refractivity contribution in [3.8, 4) is 5.75 Å². The van der Waals surface area contributed by atoms with Crippen LogP contribution in [0.1, 0.15) is 18.9 Å². The molecule has 0 saturated carbocycles. The molecule has 1 aromatic carbocycles. The molecule has 0 aliphatic rings. The highest BCUT2D eigenvalue weighted by molar-refractivity contribution is 5.70. The number of nitrogen functional groups attached to an aromatic ring is 1. The van der Waals surface area contributed by atoms with Crippen molar-refractivity contribution < 1.29 is 9.13 Å². The number of allylic oxidation sites excluding steroid dienone is 1. The van der Waals surface area contributed by atoms with Crippen molar-refractivity contribution in [2.24, 2.45) is 0 Å². The number of halogens is 1. The van der Waals surface area contributed by atoms with E-state index in [2.05, 4.69) is 13.2 Å². The van der Waals surface area contributed by atoms with E-state index in [1.54, 1.807) is 12.1 Å². The van der Waals surface area contributed by atoms with Gasteiger partial charge in [-0.15, -0.1) is 6.58 Å². The minimum absolute atomic E-state index is 0.106. The average Bonchev–Trinajstić information content (AvgIpc) is 2.23. The van der Waals surface area contributed by atoms with Crippen molar-refractivity contribution in [1.82, 2.24) is 0 Å². The Morgan fingerprint density at radius 1 is 1.56 bits per heavy atom. The third-order valence-corrected chi connectivity index (χ3v) is 2.14. The molecule has 0 saturated heterocycles. The molecule has 0 unspecified atom stereocenters.